The zero-order valence-corrected chi connectivity index (χ0v) is 11.1. The zero-order valence-electron chi connectivity index (χ0n) is 9.53. The van der Waals surface area contributed by atoms with Gasteiger partial charge >= 0.3 is 0 Å². The zero-order chi connectivity index (χ0) is 12.0. The van der Waals surface area contributed by atoms with Crippen LogP contribution in [-0.4, -0.2) is 21.8 Å². The minimum absolute atomic E-state index is 0.0960. The number of benzene rings is 1. The summed E-state index contributed by atoms with van der Waals surface area (Å²) in [5.41, 5.74) is 1.75. The van der Waals surface area contributed by atoms with Gasteiger partial charge in [-0.25, -0.2) is 0 Å². The lowest BCUT2D eigenvalue weighted by Gasteiger charge is -2.38. The molecule has 2 aliphatic rings. The van der Waals surface area contributed by atoms with Crippen LogP contribution in [0.15, 0.2) is 24.3 Å². The summed E-state index contributed by atoms with van der Waals surface area (Å²) in [7, 11) is 0. The van der Waals surface area contributed by atoms with Gasteiger partial charge in [-0.05, 0) is 31.2 Å². The second kappa shape index (κ2) is 3.92. The van der Waals surface area contributed by atoms with E-state index in [1.54, 1.807) is 0 Å². The number of carbonyl (C=O) groups is 1. The molecule has 1 aromatic rings. The lowest BCUT2D eigenvalue weighted by molar-refractivity contribution is 0.0557. The third-order valence-electron chi connectivity index (χ3n) is 4.22. The van der Waals surface area contributed by atoms with Gasteiger partial charge in [-0.1, -0.05) is 40.2 Å². The van der Waals surface area contributed by atoms with Gasteiger partial charge in [0, 0.05) is 10.4 Å². The van der Waals surface area contributed by atoms with Crippen LogP contribution in [0.25, 0.3) is 0 Å². The van der Waals surface area contributed by atoms with Gasteiger partial charge in [-0.2, -0.15) is 0 Å². The van der Waals surface area contributed by atoms with Gasteiger partial charge in [0.1, 0.15) is 0 Å². The number of ketones is 1. The molecule has 3 heteroatoms. The number of alkyl halides is 1. The predicted octanol–water partition coefficient (Wildman–Crippen LogP) is 2.72. The number of aliphatic hydroxyl groups excluding tert-OH is 1. The Bertz CT molecular complexity index is 471. The summed E-state index contributed by atoms with van der Waals surface area (Å²) in [6, 6.07) is 7.90. The van der Waals surface area contributed by atoms with Crippen LogP contribution in [0.4, 0.5) is 0 Å². The van der Waals surface area contributed by atoms with Crippen molar-refractivity contribution in [1.29, 1.82) is 0 Å². The molecule has 1 spiro atoms. The second-order valence-corrected chi connectivity index (χ2v) is 6.32. The third-order valence-corrected chi connectivity index (χ3v) is 5.47. The number of fused-ring (bicyclic) bond motifs is 1. The van der Waals surface area contributed by atoms with Gasteiger partial charge in [0.2, 0.25) is 0 Å². The van der Waals surface area contributed by atoms with Crippen molar-refractivity contribution in [3.8, 4) is 0 Å². The Morgan fingerprint density at radius 2 is 2.12 bits per heavy atom. The molecule has 0 amide bonds. The van der Waals surface area contributed by atoms with E-state index in [2.05, 4.69) is 15.9 Å². The maximum atomic E-state index is 12.6. The van der Waals surface area contributed by atoms with Crippen LogP contribution >= 0.6 is 15.9 Å². The van der Waals surface area contributed by atoms with Crippen molar-refractivity contribution in [3.63, 3.8) is 0 Å². The van der Waals surface area contributed by atoms with Crippen molar-refractivity contribution < 1.29 is 9.90 Å². The maximum Gasteiger partial charge on any atom is 0.170 e. The van der Waals surface area contributed by atoms with E-state index in [-0.39, 0.29) is 22.1 Å². The summed E-state index contributed by atoms with van der Waals surface area (Å²) < 4.78 is 0. The van der Waals surface area contributed by atoms with Gasteiger partial charge in [0.25, 0.3) is 0 Å². The van der Waals surface area contributed by atoms with E-state index in [1.807, 2.05) is 24.3 Å². The second-order valence-electron chi connectivity index (χ2n) is 5.21. The Morgan fingerprint density at radius 1 is 1.35 bits per heavy atom. The topological polar surface area (TPSA) is 37.3 Å². The van der Waals surface area contributed by atoms with E-state index in [1.165, 1.54) is 5.56 Å². The van der Waals surface area contributed by atoms with Gasteiger partial charge in [-0.15, -0.1) is 0 Å². The average molecular weight is 295 g/mol. The van der Waals surface area contributed by atoms with E-state index in [0.717, 1.165) is 24.8 Å². The highest BCUT2D eigenvalue weighted by Crippen LogP contribution is 2.50. The van der Waals surface area contributed by atoms with Crippen LogP contribution in [0.2, 0.25) is 0 Å². The molecular formula is C14H15BrO2. The molecule has 0 aromatic heterocycles. The monoisotopic (exact) mass is 294 g/mol. The molecule has 90 valence electrons. The Kier molecular flexibility index (Phi) is 2.64. The minimum Gasteiger partial charge on any atom is -0.393 e. The van der Waals surface area contributed by atoms with Gasteiger partial charge in [-0.3, -0.25) is 4.79 Å². The number of carbonyl (C=O) groups excluding carboxylic acids is 1. The lowest BCUT2D eigenvalue weighted by atomic mass is 9.70. The number of halogens is 1. The molecule has 0 saturated heterocycles. The molecule has 1 saturated carbocycles. The van der Waals surface area contributed by atoms with Crippen LogP contribution < -0.4 is 0 Å². The largest absolute Gasteiger partial charge is 0.393 e. The van der Waals surface area contributed by atoms with E-state index >= 15 is 0 Å². The molecule has 0 bridgehead atoms. The molecule has 1 fully saturated rings. The first-order valence-corrected chi connectivity index (χ1v) is 7.00. The first kappa shape index (κ1) is 11.4. The van der Waals surface area contributed by atoms with Crippen LogP contribution in [0.1, 0.15) is 35.2 Å². The maximum absolute atomic E-state index is 12.6. The highest BCUT2D eigenvalue weighted by molar-refractivity contribution is 9.09. The molecule has 0 aliphatic heterocycles. The number of hydrogen-bond acceptors (Lipinski definition) is 2. The summed E-state index contributed by atoms with van der Waals surface area (Å²) >= 11 is 3.63. The predicted molar refractivity (Wildman–Crippen MR) is 69.5 cm³/mol. The van der Waals surface area contributed by atoms with Crippen LogP contribution in [0.5, 0.6) is 0 Å². The van der Waals surface area contributed by atoms with Gasteiger partial charge < -0.3 is 5.11 Å². The normalized spacial score (nSPS) is 36.2. The fourth-order valence-electron chi connectivity index (χ4n) is 3.20. The van der Waals surface area contributed by atoms with Crippen molar-refractivity contribution >= 4 is 21.7 Å². The minimum atomic E-state index is -0.303. The fourth-order valence-corrected chi connectivity index (χ4v) is 4.23. The quantitative estimate of drug-likeness (QED) is 0.747. The van der Waals surface area contributed by atoms with Crippen molar-refractivity contribution in [2.45, 2.75) is 36.6 Å². The summed E-state index contributed by atoms with van der Waals surface area (Å²) in [6.45, 7) is 0. The lowest BCUT2D eigenvalue weighted by Crippen LogP contribution is -2.43. The standard InChI is InChI=1S/C14H15BrO2/c15-12-7-10(16)5-6-14(12)8-9-3-1-2-4-11(9)13(14)17/h1-4,10,12,16H,5-8H2/t10-,12+,14?/m1/s1. The van der Waals surface area contributed by atoms with E-state index in [4.69, 9.17) is 0 Å². The molecule has 2 nitrogen and oxygen atoms in total. The smallest absolute Gasteiger partial charge is 0.170 e. The Labute approximate surface area is 109 Å². The average Bonchev–Trinajstić information content (AvgIpc) is 2.60. The number of hydrogen-bond donors (Lipinski definition) is 1. The molecular weight excluding hydrogens is 280 g/mol. The Hall–Kier alpha value is -0.670. The van der Waals surface area contributed by atoms with Crippen molar-refractivity contribution in [2.24, 2.45) is 5.41 Å². The van der Waals surface area contributed by atoms with Crippen LogP contribution in [-0.2, 0) is 6.42 Å². The van der Waals surface area contributed by atoms with Crippen molar-refractivity contribution in [2.75, 3.05) is 0 Å². The van der Waals surface area contributed by atoms with Gasteiger partial charge in [0.15, 0.2) is 5.78 Å². The van der Waals surface area contributed by atoms with E-state index in [9.17, 15) is 9.90 Å². The van der Waals surface area contributed by atoms with Gasteiger partial charge in [0.05, 0.1) is 11.5 Å². The highest BCUT2D eigenvalue weighted by atomic mass is 79.9. The van der Waals surface area contributed by atoms with Crippen LogP contribution in [0.3, 0.4) is 0 Å². The fraction of sp³-hybridized carbons (Fsp3) is 0.500. The third kappa shape index (κ3) is 1.59. The van der Waals surface area contributed by atoms with Crippen molar-refractivity contribution in [3.05, 3.63) is 35.4 Å². The molecule has 0 radical (unpaired) electrons. The molecule has 17 heavy (non-hydrogen) atoms. The number of Topliss-reactive ketones (excluding diaryl/α,β-unsaturated/α-hetero) is 1. The Morgan fingerprint density at radius 3 is 2.82 bits per heavy atom. The van der Waals surface area contributed by atoms with E-state index in [0.29, 0.717) is 6.42 Å². The summed E-state index contributed by atoms with van der Waals surface area (Å²) in [4.78, 5) is 12.7. The first-order chi connectivity index (χ1) is 8.13. The highest BCUT2D eigenvalue weighted by Gasteiger charge is 2.52. The molecule has 1 N–H and O–H groups in total. The first-order valence-electron chi connectivity index (χ1n) is 6.08. The Balaban J connectivity index is 2.00. The van der Waals surface area contributed by atoms with Crippen molar-refractivity contribution in [1.82, 2.24) is 0 Å². The molecule has 3 atom stereocenters. The molecule has 0 heterocycles. The molecule has 2 aliphatic carbocycles. The molecule has 3 rings (SSSR count). The molecule has 1 unspecified atom stereocenters. The number of rotatable bonds is 0. The molecule has 1 aromatic carbocycles. The number of aliphatic hydroxyl groups is 1. The van der Waals surface area contributed by atoms with E-state index < -0.39 is 0 Å². The summed E-state index contributed by atoms with van der Waals surface area (Å²) in [5, 5.41) is 9.69. The van der Waals surface area contributed by atoms with Crippen LogP contribution in [0, 0.1) is 5.41 Å². The SMILES string of the molecule is O=C1c2ccccc2CC12CC[C@@H](O)C[C@@H]2Br. The summed E-state index contributed by atoms with van der Waals surface area (Å²) in [5.74, 6) is 0.266. The summed E-state index contributed by atoms with van der Waals surface area (Å²) in [6.07, 6.45) is 2.77.